The highest BCUT2D eigenvalue weighted by Crippen LogP contribution is 2.30. The van der Waals surface area contributed by atoms with Gasteiger partial charge < -0.3 is 19.7 Å². The number of amides is 1. The molecule has 9 nitrogen and oxygen atoms in total. The van der Waals surface area contributed by atoms with E-state index in [9.17, 15) is 9.18 Å². The van der Waals surface area contributed by atoms with Crippen LogP contribution in [0.15, 0.2) is 18.5 Å². The predicted octanol–water partition coefficient (Wildman–Crippen LogP) is 1.63. The minimum Gasteiger partial charge on any atom is -0.484 e. The molecule has 4 heterocycles. The fourth-order valence-corrected chi connectivity index (χ4v) is 3.45. The first-order chi connectivity index (χ1) is 14.8. The van der Waals surface area contributed by atoms with Crippen molar-refractivity contribution in [3.05, 3.63) is 35.7 Å². The monoisotopic (exact) mass is 430 g/mol. The van der Waals surface area contributed by atoms with Crippen LogP contribution in [0, 0.1) is 5.82 Å². The number of aromatic nitrogens is 3. The third-order valence-corrected chi connectivity index (χ3v) is 4.99. The standard InChI is InChI=1S/C21H27FN6O3/c1-21(2,3)26-19(29)15-11-24-18(12-23-15)28-6-4-27(5-7-28)13-16-14(22)10-17-20(25-16)31-9-8-30-17/h10-12H,4-9,13H2,1-3H3,(H,26,29). The van der Waals surface area contributed by atoms with E-state index in [0.29, 0.717) is 50.2 Å². The Morgan fingerprint density at radius 2 is 1.87 bits per heavy atom. The largest absolute Gasteiger partial charge is 0.484 e. The Labute approximate surface area is 180 Å². The highest BCUT2D eigenvalue weighted by atomic mass is 19.1. The van der Waals surface area contributed by atoms with Gasteiger partial charge in [0.05, 0.1) is 18.1 Å². The highest BCUT2D eigenvalue weighted by molar-refractivity contribution is 5.92. The van der Waals surface area contributed by atoms with E-state index >= 15 is 0 Å². The molecule has 2 aromatic rings. The fraction of sp³-hybridized carbons (Fsp3) is 0.524. The Morgan fingerprint density at radius 1 is 1.13 bits per heavy atom. The van der Waals surface area contributed by atoms with Crippen LogP contribution >= 0.6 is 0 Å². The minimum absolute atomic E-state index is 0.245. The lowest BCUT2D eigenvalue weighted by molar-refractivity contribution is 0.0914. The summed E-state index contributed by atoms with van der Waals surface area (Å²) in [6.07, 6.45) is 3.12. The number of piperazine rings is 1. The van der Waals surface area contributed by atoms with E-state index in [2.05, 4.69) is 30.1 Å². The van der Waals surface area contributed by atoms with Gasteiger partial charge in [0.25, 0.3) is 11.8 Å². The van der Waals surface area contributed by atoms with Crippen molar-refractivity contribution in [3.8, 4) is 11.6 Å². The van der Waals surface area contributed by atoms with Gasteiger partial charge in [-0.3, -0.25) is 9.69 Å². The lowest BCUT2D eigenvalue weighted by Gasteiger charge is -2.35. The molecule has 1 amide bonds. The number of anilines is 1. The zero-order valence-corrected chi connectivity index (χ0v) is 18.0. The van der Waals surface area contributed by atoms with Crippen molar-refractivity contribution in [2.75, 3.05) is 44.3 Å². The maximum absolute atomic E-state index is 14.4. The summed E-state index contributed by atoms with van der Waals surface area (Å²) in [7, 11) is 0. The van der Waals surface area contributed by atoms with E-state index in [4.69, 9.17) is 9.47 Å². The predicted molar refractivity (Wildman–Crippen MR) is 112 cm³/mol. The number of carbonyl (C=O) groups excluding carboxylic acids is 1. The van der Waals surface area contributed by atoms with Crippen LogP contribution in [-0.2, 0) is 6.54 Å². The summed E-state index contributed by atoms with van der Waals surface area (Å²) in [6.45, 7) is 9.85. The van der Waals surface area contributed by atoms with Gasteiger partial charge in [-0.25, -0.2) is 19.3 Å². The van der Waals surface area contributed by atoms with Crippen LogP contribution in [0.3, 0.4) is 0 Å². The second-order valence-corrected chi connectivity index (χ2v) is 8.64. The number of hydrogen-bond donors (Lipinski definition) is 1. The number of rotatable bonds is 4. The van der Waals surface area contributed by atoms with Crippen LogP contribution in [0.4, 0.5) is 10.2 Å². The number of ether oxygens (including phenoxy) is 2. The molecular weight excluding hydrogens is 403 g/mol. The molecule has 0 saturated carbocycles. The van der Waals surface area contributed by atoms with Crippen molar-refractivity contribution in [3.63, 3.8) is 0 Å². The van der Waals surface area contributed by atoms with Crippen LogP contribution in [-0.4, -0.2) is 70.7 Å². The average Bonchev–Trinajstić information content (AvgIpc) is 2.74. The van der Waals surface area contributed by atoms with Crippen molar-refractivity contribution < 1.29 is 18.7 Å². The molecule has 1 fully saturated rings. The van der Waals surface area contributed by atoms with Gasteiger partial charge in [-0.1, -0.05) is 0 Å². The number of halogens is 1. The number of fused-ring (bicyclic) bond motifs is 1. The van der Waals surface area contributed by atoms with Crippen molar-refractivity contribution in [1.29, 1.82) is 0 Å². The summed E-state index contributed by atoms with van der Waals surface area (Å²) in [5.74, 6) is 0.797. The van der Waals surface area contributed by atoms with Crippen molar-refractivity contribution >= 4 is 11.7 Å². The molecule has 0 bridgehead atoms. The van der Waals surface area contributed by atoms with Crippen LogP contribution in [0.5, 0.6) is 11.6 Å². The molecule has 166 valence electrons. The Hall–Kier alpha value is -3.01. The molecular formula is C21H27FN6O3. The van der Waals surface area contributed by atoms with E-state index in [1.165, 1.54) is 12.3 Å². The lowest BCUT2D eigenvalue weighted by atomic mass is 10.1. The van der Waals surface area contributed by atoms with E-state index in [1.807, 2.05) is 20.8 Å². The first-order valence-corrected chi connectivity index (χ1v) is 10.4. The summed E-state index contributed by atoms with van der Waals surface area (Å²) >= 11 is 0. The SMILES string of the molecule is CC(C)(C)NC(=O)c1cnc(N2CCN(Cc3nc4c(cc3F)OCCO4)CC2)cn1. The Morgan fingerprint density at radius 3 is 2.55 bits per heavy atom. The van der Waals surface area contributed by atoms with Gasteiger partial charge in [-0.05, 0) is 20.8 Å². The molecule has 0 atom stereocenters. The van der Waals surface area contributed by atoms with E-state index < -0.39 is 0 Å². The van der Waals surface area contributed by atoms with Crippen LogP contribution in [0.2, 0.25) is 0 Å². The third-order valence-electron chi connectivity index (χ3n) is 4.99. The van der Waals surface area contributed by atoms with E-state index in [1.54, 1.807) is 6.20 Å². The third kappa shape index (κ3) is 5.19. The summed E-state index contributed by atoms with van der Waals surface area (Å²) in [6, 6.07) is 1.35. The van der Waals surface area contributed by atoms with Gasteiger partial charge in [0.15, 0.2) is 5.75 Å². The summed E-state index contributed by atoms with van der Waals surface area (Å²) < 4.78 is 25.2. The number of hydrogen-bond acceptors (Lipinski definition) is 8. The number of pyridine rings is 1. The number of nitrogens with one attached hydrogen (secondary N) is 1. The first-order valence-electron chi connectivity index (χ1n) is 10.4. The van der Waals surface area contributed by atoms with Crippen LogP contribution in [0.25, 0.3) is 0 Å². The van der Waals surface area contributed by atoms with E-state index in [0.717, 1.165) is 18.9 Å². The molecule has 0 aromatic carbocycles. The van der Waals surface area contributed by atoms with Gasteiger partial charge in [0.2, 0.25) is 0 Å². The van der Waals surface area contributed by atoms with Crippen LogP contribution in [0.1, 0.15) is 37.0 Å². The normalized spacial score (nSPS) is 16.8. The van der Waals surface area contributed by atoms with Crippen LogP contribution < -0.4 is 19.7 Å². The number of nitrogens with zero attached hydrogens (tertiary/aromatic N) is 5. The Balaban J connectivity index is 1.33. The number of carbonyl (C=O) groups is 1. The highest BCUT2D eigenvalue weighted by Gasteiger charge is 2.23. The molecule has 2 aromatic heterocycles. The molecule has 0 radical (unpaired) electrons. The lowest BCUT2D eigenvalue weighted by Crippen LogP contribution is -2.46. The van der Waals surface area contributed by atoms with Gasteiger partial charge in [-0.15, -0.1) is 0 Å². The van der Waals surface area contributed by atoms with Gasteiger partial charge in [-0.2, -0.15) is 0 Å². The summed E-state index contributed by atoms with van der Waals surface area (Å²) in [4.78, 5) is 29.4. The van der Waals surface area contributed by atoms with Crippen molar-refractivity contribution in [1.82, 2.24) is 25.2 Å². The van der Waals surface area contributed by atoms with Crippen molar-refractivity contribution in [2.24, 2.45) is 0 Å². The molecule has 0 aliphatic carbocycles. The molecule has 0 unspecified atom stereocenters. The molecule has 1 N–H and O–H groups in total. The zero-order valence-electron chi connectivity index (χ0n) is 18.0. The second kappa shape index (κ2) is 8.62. The summed E-state index contributed by atoms with van der Waals surface area (Å²) in [5.41, 5.74) is 0.309. The minimum atomic E-state index is -0.387. The molecule has 2 aliphatic heterocycles. The van der Waals surface area contributed by atoms with E-state index in [-0.39, 0.29) is 23.0 Å². The second-order valence-electron chi connectivity index (χ2n) is 8.64. The van der Waals surface area contributed by atoms with Crippen molar-refractivity contribution in [2.45, 2.75) is 32.9 Å². The summed E-state index contributed by atoms with van der Waals surface area (Å²) in [5, 5.41) is 2.87. The Kier molecular flexibility index (Phi) is 5.90. The Bertz CT molecular complexity index is 939. The van der Waals surface area contributed by atoms with Gasteiger partial charge >= 0.3 is 0 Å². The fourth-order valence-electron chi connectivity index (χ4n) is 3.45. The molecule has 2 aliphatic rings. The molecule has 10 heteroatoms. The topological polar surface area (TPSA) is 92.7 Å². The average molecular weight is 430 g/mol. The molecule has 4 rings (SSSR count). The first kappa shape index (κ1) is 21.2. The van der Waals surface area contributed by atoms with Gasteiger partial charge in [0, 0.05) is 44.3 Å². The molecule has 31 heavy (non-hydrogen) atoms. The molecule has 1 saturated heterocycles. The molecule has 0 spiro atoms. The maximum Gasteiger partial charge on any atom is 0.271 e. The maximum atomic E-state index is 14.4. The smallest absolute Gasteiger partial charge is 0.271 e. The zero-order chi connectivity index (χ0) is 22.0. The van der Waals surface area contributed by atoms with Gasteiger partial charge in [0.1, 0.15) is 30.5 Å². The quantitative estimate of drug-likeness (QED) is 0.783.